The predicted octanol–water partition coefficient (Wildman–Crippen LogP) is 3.46. The Bertz CT molecular complexity index is 173. The molecule has 0 radical (unpaired) electrons. The van der Waals surface area contributed by atoms with Crippen molar-refractivity contribution in [2.45, 2.75) is 59.0 Å². The van der Waals surface area contributed by atoms with Crippen molar-refractivity contribution in [3.05, 3.63) is 12.2 Å². The molecule has 0 aromatic rings. The van der Waals surface area contributed by atoms with Gasteiger partial charge in [0.05, 0.1) is 0 Å². The average Bonchev–Trinajstić information content (AvgIpc) is 2.15. The smallest absolute Gasteiger partial charge is 0.302 e. The molecule has 82 valence electrons. The molecular formula is C12H22O2. The van der Waals surface area contributed by atoms with E-state index in [9.17, 15) is 4.79 Å². The maximum atomic E-state index is 10.7. The Morgan fingerprint density at radius 3 is 2.64 bits per heavy atom. The third kappa shape index (κ3) is 7.84. The molecule has 1 atom stereocenters. The summed E-state index contributed by atoms with van der Waals surface area (Å²) in [5.74, 6) is -0.162. The highest BCUT2D eigenvalue weighted by Gasteiger charge is 2.07. The van der Waals surface area contributed by atoms with E-state index < -0.39 is 0 Å². The highest BCUT2D eigenvalue weighted by Crippen LogP contribution is 2.10. The van der Waals surface area contributed by atoms with Gasteiger partial charge in [0.25, 0.3) is 0 Å². The minimum atomic E-state index is -0.162. The lowest BCUT2D eigenvalue weighted by molar-refractivity contribution is -0.146. The van der Waals surface area contributed by atoms with Crippen LogP contribution in [-0.2, 0) is 9.53 Å². The van der Waals surface area contributed by atoms with E-state index in [1.807, 2.05) is 6.92 Å². The van der Waals surface area contributed by atoms with E-state index in [4.69, 9.17) is 4.74 Å². The molecule has 0 fully saturated rings. The van der Waals surface area contributed by atoms with Gasteiger partial charge in [-0.15, -0.1) is 0 Å². The molecule has 0 saturated heterocycles. The van der Waals surface area contributed by atoms with Gasteiger partial charge in [0, 0.05) is 6.92 Å². The highest BCUT2D eigenvalue weighted by molar-refractivity contribution is 5.66. The second-order valence-electron chi connectivity index (χ2n) is 3.49. The van der Waals surface area contributed by atoms with Gasteiger partial charge in [0.15, 0.2) is 0 Å². The van der Waals surface area contributed by atoms with Crippen LogP contribution in [0.3, 0.4) is 0 Å². The number of hydrogen-bond acceptors (Lipinski definition) is 2. The topological polar surface area (TPSA) is 26.3 Å². The van der Waals surface area contributed by atoms with Crippen LogP contribution in [0.15, 0.2) is 12.2 Å². The lowest BCUT2D eigenvalue weighted by Crippen LogP contribution is -2.14. The summed E-state index contributed by atoms with van der Waals surface area (Å²) in [5.41, 5.74) is 0. The summed E-state index contributed by atoms with van der Waals surface area (Å²) < 4.78 is 5.15. The Morgan fingerprint density at radius 1 is 1.43 bits per heavy atom. The highest BCUT2D eigenvalue weighted by atomic mass is 16.5. The molecule has 0 amide bonds. The molecule has 0 aliphatic rings. The quantitative estimate of drug-likeness (QED) is 0.356. The maximum Gasteiger partial charge on any atom is 0.302 e. The first-order chi connectivity index (χ1) is 6.70. The van der Waals surface area contributed by atoms with Gasteiger partial charge in [-0.2, -0.15) is 0 Å². The second kappa shape index (κ2) is 8.79. The van der Waals surface area contributed by atoms with Gasteiger partial charge < -0.3 is 4.74 Å². The zero-order valence-corrected chi connectivity index (χ0v) is 9.58. The van der Waals surface area contributed by atoms with Gasteiger partial charge >= 0.3 is 5.97 Å². The molecule has 0 aromatic heterocycles. The molecule has 0 saturated carbocycles. The van der Waals surface area contributed by atoms with Gasteiger partial charge in [-0.3, -0.25) is 4.79 Å². The van der Waals surface area contributed by atoms with E-state index in [1.165, 1.54) is 13.3 Å². The van der Waals surface area contributed by atoms with Crippen molar-refractivity contribution in [3.63, 3.8) is 0 Å². The Balaban J connectivity index is 3.47. The van der Waals surface area contributed by atoms with Crippen LogP contribution in [0, 0.1) is 0 Å². The molecule has 0 aliphatic carbocycles. The monoisotopic (exact) mass is 198 g/mol. The molecule has 1 unspecified atom stereocenters. The third-order valence-corrected chi connectivity index (χ3v) is 2.17. The molecule has 0 aliphatic heterocycles. The zero-order valence-electron chi connectivity index (χ0n) is 9.58. The fourth-order valence-electron chi connectivity index (χ4n) is 1.38. The van der Waals surface area contributed by atoms with Crippen LogP contribution in [0.25, 0.3) is 0 Å². The SMILES string of the molecule is CC=CCCCCC(CC)OC(C)=O. The number of hydrogen-bond donors (Lipinski definition) is 0. The van der Waals surface area contributed by atoms with Crippen LogP contribution in [0.5, 0.6) is 0 Å². The summed E-state index contributed by atoms with van der Waals surface area (Å²) in [7, 11) is 0. The molecule has 0 spiro atoms. The standard InChI is InChI=1S/C12H22O2/c1-4-6-7-8-9-10-12(5-2)14-11(3)13/h4,6,12H,5,7-10H2,1-3H3. The number of esters is 1. The zero-order chi connectivity index (χ0) is 10.8. The Kier molecular flexibility index (Phi) is 8.30. The van der Waals surface area contributed by atoms with Gasteiger partial charge in [0.2, 0.25) is 0 Å². The number of carbonyl (C=O) groups is 1. The second-order valence-corrected chi connectivity index (χ2v) is 3.49. The van der Waals surface area contributed by atoms with E-state index in [0.717, 1.165) is 25.7 Å². The van der Waals surface area contributed by atoms with Crippen LogP contribution in [0.1, 0.15) is 52.9 Å². The van der Waals surface area contributed by atoms with Crippen molar-refractivity contribution in [1.29, 1.82) is 0 Å². The minimum absolute atomic E-state index is 0.123. The average molecular weight is 198 g/mol. The minimum Gasteiger partial charge on any atom is -0.463 e. The molecule has 0 rings (SSSR count). The molecule has 0 bridgehead atoms. The molecular weight excluding hydrogens is 176 g/mol. The Labute approximate surface area is 87.3 Å². The summed E-state index contributed by atoms with van der Waals surface area (Å²) in [6, 6.07) is 0. The molecule has 0 aromatic carbocycles. The Hall–Kier alpha value is -0.790. The van der Waals surface area contributed by atoms with Crippen molar-refractivity contribution >= 4 is 5.97 Å². The van der Waals surface area contributed by atoms with Crippen molar-refractivity contribution in [3.8, 4) is 0 Å². The molecule has 0 N–H and O–H groups in total. The predicted molar refractivity (Wildman–Crippen MR) is 59.1 cm³/mol. The van der Waals surface area contributed by atoms with Gasteiger partial charge in [-0.1, -0.05) is 19.1 Å². The number of rotatable bonds is 7. The summed E-state index contributed by atoms with van der Waals surface area (Å²) in [6.07, 6.45) is 9.73. The third-order valence-electron chi connectivity index (χ3n) is 2.17. The fraction of sp³-hybridized carbons (Fsp3) is 0.750. The van der Waals surface area contributed by atoms with E-state index in [0.29, 0.717) is 0 Å². The lowest BCUT2D eigenvalue weighted by atomic mass is 10.1. The summed E-state index contributed by atoms with van der Waals surface area (Å²) >= 11 is 0. The van der Waals surface area contributed by atoms with E-state index in [2.05, 4.69) is 19.1 Å². The fourth-order valence-corrected chi connectivity index (χ4v) is 1.38. The van der Waals surface area contributed by atoms with E-state index in [-0.39, 0.29) is 12.1 Å². The normalized spacial score (nSPS) is 13.1. The molecule has 0 heterocycles. The first-order valence-electron chi connectivity index (χ1n) is 5.49. The molecule has 2 nitrogen and oxygen atoms in total. The summed E-state index contributed by atoms with van der Waals surface area (Å²) in [6.45, 7) is 5.57. The molecule has 2 heteroatoms. The number of carbonyl (C=O) groups excluding carboxylic acids is 1. The van der Waals surface area contributed by atoms with Gasteiger partial charge in [0.1, 0.15) is 6.10 Å². The van der Waals surface area contributed by atoms with Gasteiger partial charge in [-0.05, 0) is 39.0 Å². The summed E-state index contributed by atoms with van der Waals surface area (Å²) in [4.78, 5) is 10.7. The van der Waals surface area contributed by atoms with Crippen LogP contribution in [0.2, 0.25) is 0 Å². The van der Waals surface area contributed by atoms with Crippen LogP contribution >= 0.6 is 0 Å². The number of unbranched alkanes of at least 4 members (excludes halogenated alkanes) is 2. The lowest BCUT2D eigenvalue weighted by Gasteiger charge is -2.14. The summed E-state index contributed by atoms with van der Waals surface area (Å²) in [5, 5.41) is 0. The van der Waals surface area contributed by atoms with E-state index >= 15 is 0 Å². The first-order valence-corrected chi connectivity index (χ1v) is 5.49. The van der Waals surface area contributed by atoms with E-state index in [1.54, 1.807) is 0 Å². The van der Waals surface area contributed by atoms with Gasteiger partial charge in [-0.25, -0.2) is 0 Å². The largest absolute Gasteiger partial charge is 0.463 e. The van der Waals surface area contributed by atoms with Crippen molar-refractivity contribution in [2.75, 3.05) is 0 Å². The Morgan fingerprint density at radius 2 is 2.14 bits per heavy atom. The first kappa shape index (κ1) is 13.2. The van der Waals surface area contributed by atoms with Crippen molar-refractivity contribution in [2.24, 2.45) is 0 Å². The van der Waals surface area contributed by atoms with Crippen LogP contribution in [0.4, 0.5) is 0 Å². The number of ether oxygens (including phenoxy) is 1. The number of allylic oxidation sites excluding steroid dienone is 2. The van der Waals surface area contributed by atoms with Crippen LogP contribution < -0.4 is 0 Å². The van der Waals surface area contributed by atoms with Crippen LogP contribution in [-0.4, -0.2) is 12.1 Å². The maximum absolute atomic E-state index is 10.7. The molecule has 14 heavy (non-hydrogen) atoms. The van der Waals surface area contributed by atoms with Crippen molar-refractivity contribution < 1.29 is 9.53 Å². The van der Waals surface area contributed by atoms with Crippen molar-refractivity contribution in [1.82, 2.24) is 0 Å².